The molecule has 0 atom stereocenters. The first-order valence-corrected chi connectivity index (χ1v) is 9.44. The molecule has 27 heavy (non-hydrogen) atoms. The van der Waals surface area contributed by atoms with Gasteiger partial charge >= 0.3 is 6.03 Å². The minimum Gasteiger partial charge on any atom is -0.368 e. The van der Waals surface area contributed by atoms with Crippen molar-refractivity contribution in [3.8, 4) is 0 Å². The predicted molar refractivity (Wildman–Crippen MR) is 100 cm³/mol. The lowest BCUT2D eigenvalue weighted by Gasteiger charge is -2.38. The van der Waals surface area contributed by atoms with Crippen LogP contribution in [0.1, 0.15) is 44.1 Å². The van der Waals surface area contributed by atoms with E-state index in [1.807, 2.05) is 13.0 Å². The Bertz CT molecular complexity index is 700. The lowest BCUT2D eigenvalue weighted by atomic mass is 10.0. The van der Waals surface area contributed by atoms with Crippen LogP contribution >= 0.6 is 0 Å². The summed E-state index contributed by atoms with van der Waals surface area (Å²) in [5.41, 5.74) is 0.345. The Balaban J connectivity index is 1.40. The van der Waals surface area contributed by atoms with Crippen LogP contribution in [0.3, 0.4) is 0 Å². The van der Waals surface area contributed by atoms with E-state index in [9.17, 15) is 9.59 Å². The molecule has 1 aromatic heterocycles. The van der Waals surface area contributed by atoms with Gasteiger partial charge in [0.1, 0.15) is 24.0 Å². The Morgan fingerprint density at radius 3 is 2.70 bits per heavy atom. The first-order valence-electron chi connectivity index (χ1n) is 9.44. The molecule has 0 bridgehead atoms. The molecule has 148 valence electrons. The van der Waals surface area contributed by atoms with Crippen LogP contribution in [0, 0.1) is 6.92 Å². The summed E-state index contributed by atoms with van der Waals surface area (Å²) in [6.45, 7) is 8.36. The van der Waals surface area contributed by atoms with Crippen LogP contribution < -0.4 is 16.0 Å². The van der Waals surface area contributed by atoms with Crippen LogP contribution in [0.4, 0.5) is 10.6 Å². The third kappa shape index (κ3) is 4.85. The summed E-state index contributed by atoms with van der Waals surface area (Å²) in [6.07, 6.45) is 1.23. The second-order valence-corrected chi connectivity index (χ2v) is 7.38. The molecule has 1 spiro atoms. The monoisotopic (exact) mass is 376 g/mol. The van der Waals surface area contributed by atoms with Crippen molar-refractivity contribution in [3.63, 3.8) is 0 Å². The summed E-state index contributed by atoms with van der Waals surface area (Å²) in [4.78, 5) is 34.3. The van der Waals surface area contributed by atoms with E-state index in [-0.39, 0.29) is 24.5 Å². The molecule has 0 radical (unpaired) electrons. The Morgan fingerprint density at radius 1 is 1.33 bits per heavy atom. The highest BCUT2D eigenvalue weighted by molar-refractivity contribution is 5.80. The van der Waals surface area contributed by atoms with Gasteiger partial charge in [-0.1, -0.05) is 13.8 Å². The second kappa shape index (κ2) is 8.08. The molecule has 2 fully saturated rings. The van der Waals surface area contributed by atoms with Crippen molar-refractivity contribution in [3.05, 3.63) is 17.6 Å². The SMILES string of the molecule is Cc1cc(NCCNC(=O)N2CCC3(CC2)NC(=O)CO3)nc(C(C)C)n1. The number of anilines is 1. The number of rotatable bonds is 5. The van der Waals surface area contributed by atoms with Gasteiger partial charge in [0.15, 0.2) is 0 Å². The van der Waals surface area contributed by atoms with Crippen molar-refractivity contribution in [2.75, 3.05) is 38.1 Å². The van der Waals surface area contributed by atoms with Gasteiger partial charge in [-0.15, -0.1) is 0 Å². The van der Waals surface area contributed by atoms with Crippen molar-refractivity contribution >= 4 is 17.8 Å². The number of hydrogen-bond donors (Lipinski definition) is 3. The van der Waals surface area contributed by atoms with Crippen molar-refractivity contribution in [2.45, 2.75) is 45.3 Å². The number of nitrogens with zero attached hydrogens (tertiary/aromatic N) is 3. The molecule has 3 N–H and O–H groups in total. The Morgan fingerprint density at radius 2 is 2.07 bits per heavy atom. The van der Waals surface area contributed by atoms with Crippen LogP contribution in [0.25, 0.3) is 0 Å². The highest BCUT2D eigenvalue weighted by Gasteiger charge is 2.42. The Kier molecular flexibility index (Phi) is 5.79. The maximum Gasteiger partial charge on any atom is 0.317 e. The van der Waals surface area contributed by atoms with E-state index in [4.69, 9.17) is 4.74 Å². The topological polar surface area (TPSA) is 108 Å². The predicted octanol–water partition coefficient (Wildman–Crippen LogP) is 0.968. The number of aryl methyl sites for hydroxylation is 1. The third-order valence-corrected chi connectivity index (χ3v) is 4.80. The van der Waals surface area contributed by atoms with Crippen molar-refractivity contribution < 1.29 is 14.3 Å². The van der Waals surface area contributed by atoms with Gasteiger partial charge in [-0.3, -0.25) is 4.79 Å². The standard InChI is InChI=1S/C18H28N6O3/c1-12(2)16-21-13(3)10-14(22-16)19-6-7-20-17(26)24-8-4-18(5-9-24)23-15(25)11-27-18/h10,12H,4-9,11H2,1-3H3,(H,20,26)(H,23,25)(H,19,21,22). The molecule has 0 aromatic carbocycles. The highest BCUT2D eigenvalue weighted by atomic mass is 16.5. The summed E-state index contributed by atoms with van der Waals surface area (Å²) in [6, 6.07) is 1.80. The number of likely N-dealkylation sites (tertiary alicyclic amines) is 1. The van der Waals surface area contributed by atoms with E-state index in [0.29, 0.717) is 39.0 Å². The Labute approximate surface area is 159 Å². The van der Waals surface area contributed by atoms with Gasteiger partial charge in [0.05, 0.1) is 0 Å². The average Bonchev–Trinajstić information content (AvgIpc) is 2.99. The number of hydrogen-bond acceptors (Lipinski definition) is 6. The second-order valence-electron chi connectivity index (χ2n) is 7.38. The van der Waals surface area contributed by atoms with Gasteiger partial charge in [-0.25, -0.2) is 14.8 Å². The molecule has 2 saturated heterocycles. The van der Waals surface area contributed by atoms with Crippen molar-refractivity contribution in [1.29, 1.82) is 0 Å². The number of nitrogens with one attached hydrogen (secondary N) is 3. The molecule has 3 heterocycles. The van der Waals surface area contributed by atoms with E-state index in [1.165, 1.54) is 0 Å². The first-order chi connectivity index (χ1) is 12.9. The van der Waals surface area contributed by atoms with E-state index in [0.717, 1.165) is 17.3 Å². The molecule has 9 heteroatoms. The smallest absolute Gasteiger partial charge is 0.317 e. The fourth-order valence-electron chi connectivity index (χ4n) is 3.28. The number of ether oxygens (including phenoxy) is 1. The van der Waals surface area contributed by atoms with Gasteiger partial charge < -0.3 is 25.6 Å². The number of carbonyl (C=O) groups excluding carboxylic acids is 2. The van der Waals surface area contributed by atoms with Gasteiger partial charge in [-0.2, -0.15) is 0 Å². The lowest BCUT2D eigenvalue weighted by molar-refractivity contribution is -0.119. The number of amides is 3. The average molecular weight is 376 g/mol. The number of piperidine rings is 1. The van der Waals surface area contributed by atoms with Crippen molar-refractivity contribution in [1.82, 2.24) is 25.5 Å². The molecular formula is C18H28N6O3. The molecule has 3 rings (SSSR count). The molecule has 3 amide bonds. The number of urea groups is 1. The van der Waals surface area contributed by atoms with Crippen LogP contribution in [0.2, 0.25) is 0 Å². The summed E-state index contributed by atoms with van der Waals surface area (Å²) in [5, 5.41) is 9.02. The third-order valence-electron chi connectivity index (χ3n) is 4.80. The van der Waals surface area contributed by atoms with Gasteiger partial charge in [0.2, 0.25) is 5.91 Å². The first kappa shape index (κ1) is 19.3. The normalized spacial score (nSPS) is 18.7. The Hall–Kier alpha value is -2.42. The fourth-order valence-corrected chi connectivity index (χ4v) is 3.28. The minimum atomic E-state index is -0.575. The van der Waals surface area contributed by atoms with Crippen LogP contribution in [0.5, 0.6) is 0 Å². The number of carbonyl (C=O) groups is 2. The largest absolute Gasteiger partial charge is 0.368 e. The van der Waals surface area contributed by atoms with E-state index >= 15 is 0 Å². The zero-order valence-electron chi connectivity index (χ0n) is 16.2. The molecule has 9 nitrogen and oxygen atoms in total. The zero-order valence-corrected chi connectivity index (χ0v) is 16.2. The van der Waals surface area contributed by atoms with Gasteiger partial charge in [0.25, 0.3) is 0 Å². The molecule has 0 saturated carbocycles. The van der Waals surface area contributed by atoms with Crippen LogP contribution in [0.15, 0.2) is 6.07 Å². The fraction of sp³-hybridized carbons (Fsp3) is 0.667. The van der Waals surface area contributed by atoms with Crippen LogP contribution in [-0.4, -0.2) is 65.3 Å². The van der Waals surface area contributed by atoms with Gasteiger partial charge in [-0.05, 0) is 6.92 Å². The highest BCUT2D eigenvalue weighted by Crippen LogP contribution is 2.26. The maximum absolute atomic E-state index is 12.3. The zero-order chi connectivity index (χ0) is 19.4. The van der Waals surface area contributed by atoms with Gasteiger partial charge in [0, 0.05) is 56.7 Å². The number of aromatic nitrogens is 2. The van der Waals surface area contributed by atoms with E-state index in [1.54, 1.807) is 4.90 Å². The molecule has 0 unspecified atom stereocenters. The molecular weight excluding hydrogens is 348 g/mol. The molecule has 1 aromatic rings. The maximum atomic E-state index is 12.3. The summed E-state index contributed by atoms with van der Waals surface area (Å²) < 4.78 is 5.56. The molecule has 0 aliphatic carbocycles. The van der Waals surface area contributed by atoms with Crippen molar-refractivity contribution in [2.24, 2.45) is 0 Å². The van der Waals surface area contributed by atoms with Crippen LogP contribution in [-0.2, 0) is 9.53 Å². The summed E-state index contributed by atoms with van der Waals surface area (Å²) in [5.74, 6) is 1.76. The summed E-state index contributed by atoms with van der Waals surface area (Å²) in [7, 11) is 0. The summed E-state index contributed by atoms with van der Waals surface area (Å²) >= 11 is 0. The lowest BCUT2D eigenvalue weighted by Crippen LogP contribution is -2.55. The van der Waals surface area contributed by atoms with E-state index in [2.05, 4.69) is 39.8 Å². The quantitative estimate of drug-likeness (QED) is 0.661. The minimum absolute atomic E-state index is 0.0837. The molecule has 2 aliphatic rings. The molecule has 2 aliphatic heterocycles. The van der Waals surface area contributed by atoms with E-state index < -0.39 is 5.72 Å².